The van der Waals surface area contributed by atoms with Crippen LogP contribution in [0.25, 0.3) is 0 Å². The van der Waals surface area contributed by atoms with Crippen molar-refractivity contribution in [1.29, 1.82) is 0 Å². The van der Waals surface area contributed by atoms with Crippen LogP contribution in [-0.2, 0) is 0 Å². The fourth-order valence-electron chi connectivity index (χ4n) is 2.76. The van der Waals surface area contributed by atoms with Gasteiger partial charge in [-0.25, -0.2) is 14.8 Å². The Bertz CT molecular complexity index is 744. The van der Waals surface area contributed by atoms with Gasteiger partial charge in [0.05, 0.1) is 5.01 Å². The summed E-state index contributed by atoms with van der Waals surface area (Å²) in [5.41, 5.74) is 1.07. The monoisotopic (exact) mass is 331 g/mol. The van der Waals surface area contributed by atoms with E-state index >= 15 is 0 Å². The molecular weight excluding hydrogens is 314 g/mol. The van der Waals surface area contributed by atoms with Crippen molar-refractivity contribution >= 4 is 23.2 Å². The van der Waals surface area contributed by atoms with Crippen molar-refractivity contribution in [2.75, 3.05) is 13.1 Å². The lowest BCUT2D eigenvalue weighted by molar-refractivity contribution is 0.0687. The lowest BCUT2D eigenvalue weighted by Crippen LogP contribution is -2.39. The van der Waals surface area contributed by atoms with Gasteiger partial charge in [-0.15, -0.1) is 11.3 Å². The highest BCUT2D eigenvalue weighted by Gasteiger charge is 2.28. The van der Waals surface area contributed by atoms with Crippen molar-refractivity contribution in [2.45, 2.75) is 25.7 Å². The second-order valence-electron chi connectivity index (χ2n) is 5.63. The third-order valence-corrected chi connectivity index (χ3v) is 5.01. The minimum Gasteiger partial charge on any atom is -0.477 e. The Labute approximate surface area is 137 Å². The van der Waals surface area contributed by atoms with E-state index in [-0.39, 0.29) is 23.2 Å². The molecular formula is C16H17N3O3S. The Hall–Kier alpha value is -2.28. The van der Waals surface area contributed by atoms with Crippen molar-refractivity contribution in [2.24, 2.45) is 0 Å². The van der Waals surface area contributed by atoms with Crippen LogP contribution < -0.4 is 0 Å². The number of carboxylic acids is 1. The molecule has 1 unspecified atom stereocenters. The number of aromatic nitrogens is 2. The van der Waals surface area contributed by atoms with Gasteiger partial charge < -0.3 is 10.0 Å². The van der Waals surface area contributed by atoms with E-state index in [0.717, 1.165) is 23.5 Å². The molecule has 1 N–H and O–H groups in total. The third-order valence-electron chi connectivity index (χ3n) is 3.88. The molecule has 23 heavy (non-hydrogen) atoms. The van der Waals surface area contributed by atoms with Crippen molar-refractivity contribution in [1.82, 2.24) is 14.9 Å². The zero-order valence-electron chi connectivity index (χ0n) is 12.7. The molecule has 0 saturated carbocycles. The smallest absolute Gasteiger partial charge is 0.354 e. The first-order chi connectivity index (χ1) is 11.0. The molecule has 3 rings (SSSR count). The van der Waals surface area contributed by atoms with Crippen molar-refractivity contribution in [3.8, 4) is 0 Å². The van der Waals surface area contributed by atoms with E-state index in [1.54, 1.807) is 28.4 Å². The Balaban J connectivity index is 1.77. The lowest BCUT2D eigenvalue weighted by atomic mass is 9.98. The highest BCUT2D eigenvalue weighted by molar-refractivity contribution is 7.09. The minimum atomic E-state index is -1.13. The third kappa shape index (κ3) is 3.39. The molecule has 120 valence electrons. The normalized spacial score (nSPS) is 18.0. The van der Waals surface area contributed by atoms with E-state index in [0.29, 0.717) is 13.1 Å². The van der Waals surface area contributed by atoms with Crippen LogP contribution in [0.3, 0.4) is 0 Å². The predicted octanol–water partition coefficient (Wildman–Crippen LogP) is 2.56. The molecule has 3 heterocycles. The standard InChI is InChI=1S/C16H17N3O3S/c1-10-9-23-14(17-10)11-4-3-7-19(8-11)15(20)12-5-2-6-13(18-12)16(21)22/h2,5-6,9,11H,3-4,7-8H2,1H3,(H,21,22). The Morgan fingerprint density at radius 1 is 1.30 bits per heavy atom. The maximum Gasteiger partial charge on any atom is 0.354 e. The largest absolute Gasteiger partial charge is 0.477 e. The van der Waals surface area contributed by atoms with Crippen LogP contribution in [-0.4, -0.2) is 44.9 Å². The van der Waals surface area contributed by atoms with Gasteiger partial charge in [-0.2, -0.15) is 0 Å². The van der Waals surface area contributed by atoms with Gasteiger partial charge in [-0.3, -0.25) is 4.79 Å². The second-order valence-corrected chi connectivity index (χ2v) is 6.52. The molecule has 1 atom stereocenters. The van der Waals surface area contributed by atoms with Gasteiger partial charge in [0.15, 0.2) is 0 Å². The minimum absolute atomic E-state index is 0.111. The maximum absolute atomic E-state index is 12.6. The van der Waals surface area contributed by atoms with Gasteiger partial charge in [-0.05, 0) is 31.9 Å². The van der Waals surface area contributed by atoms with Gasteiger partial charge in [0.2, 0.25) is 0 Å². The molecule has 1 fully saturated rings. The molecule has 0 aromatic carbocycles. The molecule has 0 spiro atoms. The number of nitrogens with zero attached hydrogens (tertiary/aromatic N) is 3. The number of hydrogen-bond donors (Lipinski definition) is 1. The Kier molecular flexibility index (Phi) is 4.38. The van der Waals surface area contributed by atoms with Crippen molar-refractivity contribution < 1.29 is 14.7 Å². The zero-order valence-corrected chi connectivity index (χ0v) is 13.5. The number of carbonyl (C=O) groups is 2. The van der Waals surface area contributed by atoms with Gasteiger partial charge in [0.25, 0.3) is 5.91 Å². The van der Waals surface area contributed by atoms with Crippen LogP contribution >= 0.6 is 11.3 Å². The highest BCUT2D eigenvalue weighted by atomic mass is 32.1. The number of piperidine rings is 1. The number of aryl methyl sites for hydroxylation is 1. The summed E-state index contributed by atoms with van der Waals surface area (Å²) in [6.45, 7) is 3.23. The number of carboxylic acid groups (broad SMARTS) is 1. The van der Waals surface area contributed by atoms with Gasteiger partial charge in [0, 0.05) is 30.1 Å². The fourth-order valence-corrected chi connectivity index (χ4v) is 3.68. The molecule has 1 amide bonds. The molecule has 7 heteroatoms. The molecule has 1 saturated heterocycles. The maximum atomic E-state index is 12.6. The van der Waals surface area contributed by atoms with Crippen molar-refractivity contribution in [3.05, 3.63) is 45.7 Å². The summed E-state index contributed by atoms with van der Waals surface area (Å²) in [6, 6.07) is 4.50. The summed E-state index contributed by atoms with van der Waals surface area (Å²) in [5.74, 6) is -1.10. The van der Waals surface area contributed by atoms with Crippen LogP contribution in [0, 0.1) is 6.92 Å². The summed E-state index contributed by atoms with van der Waals surface area (Å²) >= 11 is 1.63. The van der Waals surface area contributed by atoms with Gasteiger partial charge >= 0.3 is 5.97 Å². The van der Waals surface area contributed by atoms with Crippen molar-refractivity contribution in [3.63, 3.8) is 0 Å². The number of aromatic carboxylic acids is 1. The first-order valence-corrected chi connectivity index (χ1v) is 8.34. The van der Waals surface area contributed by atoms with Crippen LogP contribution in [0.5, 0.6) is 0 Å². The predicted molar refractivity (Wildman–Crippen MR) is 85.9 cm³/mol. The SMILES string of the molecule is Cc1csc(C2CCCN(C(=O)c3cccc(C(=O)O)n3)C2)n1. The first kappa shape index (κ1) is 15.6. The number of likely N-dealkylation sites (tertiary alicyclic amines) is 1. The van der Waals surface area contributed by atoms with E-state index in [1.807, 2.05) is 12.3 Å². The number of amides is 1. The topological polar surface area (TPSA) is 83.4 Å². The average molecular weight is 331 g/mol. The zero-order chi connectivity index (χ0) is 16.4. The second kappa shape index (κ2) is 6.45. The molecule has 0 bridgehead atoms. The average Bonchev–Trinajstić information content (AvgIpc) is 3.01. The summed E-state index contributed by atoms with van der Waals surface area (Å²) in [5, 5.41) is 12.1. The highest BCUT2D eigenvalue weighted by Crippen LogP contribution is 2.29. The number of rotatable bonds is 3. The number of pyridine rings is 1. The van der Waals surface area contributed by atoms with Gasteiger partial charge in [0.1, 0.15) is 11.4 Å². The van der Waals surface area contributed by atoms with Gasteiger partial charge in [-0.1, -0.05) is 6.07 Å². The number of carbonyl (C=O) groups excluding carboxylic acids is 1. The molecule has 1 aliphatic heterocycles. The molecule has 1 aliphatic rings. The quantitative estimate of drug-likeness (QED) is 0.934. The molecule has 0 radical (unpaired) electrons. The molecule has 2 aromatic heterocycles. The molecule has 2 aromatic rings. The summed E-state index contributed by atoms with van der Waals surface area (Å²) in [7, 11) is 0. The van der Waals surface area contributed by atoms with E-state index in [9.17, 15) is 9.59 Å². The van der Waals surface area contributed by atoms with Crippen LogP contribution in [0.2, 0.25) is 0 Å². The summed E-state index contributed by atoms with van der Waals surface area (Å²) in [6.07, 6.45) is 1.92. The van der Waals surface area contributed by atoms with E-state index in [2.05, 4.69) is 9.97 Å². The molecule has 0 aliphatic carbocycles. The number of hydrogen-bond acceptors (Lipinski definition) is 5. The first-order valence-electron chi connectivity index (χ1n) is 7.46. The number of thiazole rings is 1. The summed E-state index contributed by atoms with van der Waals surface area (Å²) in [4.78, 5) is 33.8. The Morgan fingerprint density at radius 3 is 2.78 bits per heavy atom. The Morgan fingerprint density at radius 2 is 2.09 bits per heavy atom. The van der Waals surface area contributed by atoms with Crippen LogP contribution in [0.15, 0.2) is 23.6 Å². The summed E-state index contributed by atoms with van der Waals surface area (Å²) < 4.78 is 0. The fraction of sp³-hybridized carbons (Fsp3) is 0.375. The lowest BCUT2D eigenvalue weighted by Gasteiger charge is -2.31. The van der Waals surface area contributed by atoms with E-state index in [1.165, 1.54) is 6.07 Å². The van der Waals surface area contributed by atoms with E-state index in [4.69, 9.17) is 5.11 Å². The van der Waals surface area contributed by atoms with Crippen LogP contribution in [0.4, 0.5) is 0 Å². The van der Waals surface area contributed by atoms with E-state index < -0.39 is 5.97 Å². The molecule has 6 nitrogen and oxygen atoms in total. The van der Waals surface area contributed by atoms with Crippen LogP contribution in [0.1, 0.15) is 50.4 Å².